The van der Waals surface area contributed by atoms with E-state index in [0.717, 1.165) is 20.2 Å². The number of tetrazole rings is 1. The molecule has 10 heteroatoms. The second kappa shape index (κ2) is 9.62. The Morgan fingerprint density at radius 1 is 1.20 bits per heavy atom. The molecule has 150 valence electrons. The first kappa shape index (κ1) is 20.9. The highest BCUT2D eigenvalue weighted by Gasteiger charge is 2.17. The number of fused-ring (bicyclic) bond motifs is 1. The number of nitrogens with zero attached hydrogens (tertiary/aromatic N) is 4. The first-order chi connectivity index (χ1) is 14.6. The van der Waals surface area contributed by atoms with Crippen molar-refractivity contribution >= 4 is 66.7 Å². The predicted octanol–water partition coefficient (Wildman–Crippen LogP) is 5.25. The summed E-state index contributed by atoms with van der Waals surface area (Å²) in [6.07, 6.45) is 0. The summed E-state index contributed by atoms with van der Waals surface area (Å²) < 4.78 is 8.80. The molecule has 0 amide bonds. The third kappa shape index (κ3) is 4.68. The van der Waals surface area contributed by atoms with Gasteiger partial charge in [0.05, 0.1) is 16.5 Å². The third-order valence-electron chi connectivity index (χ3n) is 3.91. The lowest BCUT2D eigenvalue weighted by Gasteiger charge is -2.02. The molecular formula is C20H12BrClN4O2S2. The number of hydrogen-bond donors (Lipinski definition) is 0. The van der Waals surface area contributed by atoms with Gasteiger partial charge in [0.15, 0.2) is 6.61 Å². The molecule has 4 rings (SSSR count). The van der Waals surface area contributed by atoms with Crippen LogP contribution in [0.25, 0.3) is 15.8 Å². The summed E-state index contributed by atoms with van der Waals surface area (Å²) in [5.41, 5.74) is 0.854. The van der Waals surface area contributed by atoms with Crippen molar-refractivity contribution < 1.29 is 9.53 Å². The fourth-order valence-corrected chi connectivity index (χ4v) is 4.86. The quantitative estimate of drug-likeness (QED) is 0.204. The van der Waals surface area contributed by atoms with Crippen molar-refractivity contribution in [2.24, 2.45) is 0 Å². The standard InChI is InChI=1S/C20H12BrClN4O2S2/c21-13-7-9-14(10-8-13)26-20(23-24-25-26)29-12-4-3-11-28-19(27)18-17(22)15-5-1-2-6-16(15)30-18/h1-2,5-10H,11-12H2. The van der Waals surface area contributed by atoms with Crippen LogP contribution in [0.4, 0.5) is 0 Å². The molecule has 0 saturated carbocycles. The maximum Gasteiger partial charge on any atom is 0.350 e. The van der Waals surface area contributed by atoms with Crippen molar-refractivity contribution in [2.75, 3.05) is 12.4 Å². The molecule has 2 heterocycles. The van der Waals surface area contributed by atoms with Gasteiger partial charge in [0.1, 0.15) is 4.88 Å². The molecule has 2 aromatic carbocycles. The minimum Gasteiger partial charge on any atom is -0.448 e. The molecule has 0 aliphatic rings. The number of esters is 1. The molecule has 0 radical (unpaired) electrons. The fraction of sp³-hybridized carbons (Fsp3) is 0.100. The van der Waals surface area contributed by atoms with Gasteiger partial charge in [-0.1, -0.05) is 69.3 Å². The Bertz CT molecular complexity index is 1260. The van der Waals surface area contributed by atoms with E-state index in [4.69, 9.17) is 16.3 Å². The number of carbonyl (C=O) groups excluding carboxylic acids is 1. The van der Waals surface area contributed by atoms with Gasteiger partial charge < -0.3 is 4.74 Å². The van der Waals surface area contributed by atoms with Gasteiger partial charge >= 0.3 is 5.97 Å². The van der Waals surface area contributed by atoms with E-state index in [1.165, 1.54) is 23.1 Å². The van der Waals surface area contributed by atoms with E-state index in [1.54, 1.807) is 4.68 Å². The average Bonchev–Trinajstić information content (AvgIpc) is 3.36. The lowest BCUT2D eigenvalue weighted by molar-refractivity contribution is 0.0562. The fourth-order valence-electron chi connectivity index (χ4n) is 2.53. The van der Waals surface area contributed by atoms with Crippen LogP contribution in [0.2, 0.25) is 5.02 Å². The topological polar surface area (TPSA) is 69.9 Å². The van der Waals surface area contributed by atoms with Gasteiger partial charge in [0.2, 0.25) is 5.16 Å². The smallest absolute Gasteiger partial charge is 0.350 e. The molecule has 0 spiro atoms. The molecule has 0 unspecified atom stereocenters. The third-order valence-corrected chi connectivity index (χ3v) is 6.89. The highest BCUT2D eigenvalue weighted by molar-refractivity contribution is 9.10. The van der Waals surface area contributed by atoms with Crippen molar-refractivity contribution in [1.29, 1.82) is 0 Å². The second-order valence-electron chi connectivity index (χ2n) is 5.81. The minimum absolute atomic E-state index is 0.0123. The van der Waals surface area contributed by atoms with Gasteiger partial charge in [-0.2, -0.15) is 4.68 Å². The number of rotatable bonds is 5. The van der Waals surface area contributed by atoms with Gasteiger partial charge in [0.25, 0.3) is 0 Å². The molecule has 2 aromatic heterocycles. The van der Waals surface area contributed by atoms with Crippen LogP contribution >= 0.6 is 50.6 Å². The summed E-state index contributed by atoms with van der Waals surface area (Å²) in [4.78, 5) is 12.7. The van der Waals surface area contributed by atoms with Gasteiger partial charge in [0, 0.05) is 14.6 Å². The summed E-state index contributed by atoms with van der Waals surface area (Å²) in [6, 6.07) is 15.2. The Kier molecular flexibility index (Phi) is 6.69. The number of thioether (sulfide) groups is 1. The van der Waals surface area contributed by atoms with E-state index in [9.17, 15) is 4.79 Å². The lowest BCUT2D eigenvalue weighted by Crippen LogP contribution is -2.03. The number of hydrogen-bond acceptors (Lipinski definition) is 7. The summed E-state index contributed by atoms with van der Waals surface area (Å²) in [5, 5.41) is 13.6. The number of benzene rings is 2. The van der Waals surface area contributed by atoms with Crippen LogP contribution in [0.1, 0.15) is 9.67 Å². The van der Waals surface area contributed by atoms with Crippen LogP contribution in [0.15, 0.2) is 58.2 Å². The number of ether oxygens (including phenoxy) is 1. The lowest BCUT2D eigenvalue weighted by atomic mass is 10.2. The largest absolute Gasteiger partial charge is 0.448 e. The summed E-state index contributed by atoms with van der Waals surface area (Å²) >= 11 is 12.4. The zero-order chi connectivity index (χ0) is 20.9. The number of thiophene rings is 1. The number of halogens is 2. The van der Waals surface area contributed by atoms with Gasteiger partial charge in [-0.15, -0.1) is 16.4 Å². The van der Waals surface area contributed by atoms with E-state index < -0.39 is 5.97 Å². The molecule has 6 nitrogen and oxygen atoms in total. The predicted molar refractivity (Wildman–Crippen MR) is 122 cm³/mol. The van der Waals surface area contributed by atoms with E-state index >= 15 is 0 Å². The maximum absolute atomic E-state index is 12.3. The number of carbonyl (C=O) groups is 1. The molecule has 0 aliphatic carbocycles. The summed E-state index contributed by atoms with van der Waals surface area (Å²) in [5.74, 6) is 5.77. The first-order valence-electron chi connectivity index (χ1n) is 8.60. The second-order valence-corrected chi connectivity index (χ2v) is 9.10. The highest BCUT2D eigenvalue weighted by atomic mass is 79.9. The first-order valence-corrected chi connectivity index (χ1v) is 11.6. The number of aromatic nitrogens is 4. The van der Waals surface area contributed by atoms with Crippen LogP contribution in [0, 0.1) is 11.8 Å². The average molecular weight is 520 g/mol. The van der Waals surface area contributed by atoms with Crippen molar-refractivity contribution in [2.45, 2.75) is 5.16 Å². The van der Waals surface area contributed by atoms with Crippen LogP contribution < -0.4 is 0 Å². The Morgan fingerprint density at radius 3 is 2.80 bits per heavy atom. The van der Waals surface area contributed by atoms with Gasteiger partial charge in [-0.05, 0) is 40.8 Å². The summed E-state index contributed by atoms with van der Waals surface area (Å²) in [6.45, 7) is -0.0123. The Hall–Kier alpha value is -2.38. The SMILES string of the molecule is O=C(OCC#CCSc1nnnn1-c1ccc(Br)cc1)c1sc2ccccc2c1Cl. The van der Waals surface area contributed by atoms with Crippen molar-refractivity contribution in [1.82, 2.24) is 20.2 Å². The summed E-state index contributed by atoms with van der Waals surface area (Å²) in [7, 11) is 0. The van der Waals surface area contributed by atoms with Crippen LogP contribution in [0.3, 0.4) is 0 Å². The molecule has 0 bridgehead atoms. The molecule has 0 N–H and O–H groups in total. The molecule has 0 atom stereocenters. The Balaban J connectivity index is 1.31. The van der Waals surface area contributed by atoms with E-state index in [1.807, 2.05) is 48.5 Å². The molecule has 30 heavy (non-hydrogen) atoms. The normalized spacial score (nSPS) is 10.6. The van der Waals surface area contributed by atoms with Crippen LogP contribution in [-0.2, 0) is 4.74 Å². The molecule has 0 saturated heterocycles. The van der Waals surface area contributed by atoms with Crippen molar-refractivity contribution in [3.05, 3.63) is 62.9 Å². The van der Waals surface area contributed by atoms with Crippen LogP contribution in [0.5, 0.6) is 0 Å². The molecule has 0 aliphatic heterocycles. The van der Waals surface area contributed by atoms with Crippen LogP contribution in [-0.4, -0.2) is 38.5 Å². The molecular weight excluding hydrogens is 508 g/mol. The molecule has 4 aromatic rings. The highest BCUT2D eigenvalue weighted by Crippen LogP contribution is 2.35. The monoisotopic (exact) mass is 518 g/mol. The Morgan fingerprint density at radius 2 is 2.00 bits per heavy atom. The van der Waals surface area contributed by atoms with Gasteiger partial charge in [-0.3, -0.25) is 0 Å². The minimum atomic E-state index is -0.470. The van der Waals surface area contributed by atoms with E-state index in [2.05, 4.69) is 43.3 Å². The van der Waals surface area contributed by atoms with E-state index in [-0.39, 0.29) is 6.61 Å². The molecule has 0 fully saturated rings. The Labute approximate surface area is 193 Å². The van der Waals surface area contributed by atoms with E-state index in [0.29, 0.717) is 20.8 Å². The maximum atomic E-state index is 12.3. The zero-order valence-electron chi connectivity index (χ0n) is 15.2. The van der Waals surface area contributed by atoms with Crippen molar-refractivity contribution in [3.63, 3.8) is 0 Å². The van der Waals surface area contributed by atoms with Crippen molar-refractivity contribution in [3.8, 4) is 17.5 Å². The van der Waals surface area contributed by atoms with Gasteiger partial charge in [-0.25, -0.2) is 4.79 Å². The zero-order valence-corrected chi connectivity index (χ0v) is 19.2.